The Balaban J connectivity index is 1.75. The zero-order valence-electron chi connectivity index (χ0n) is 14.0. The van der Waals surface area contributed by atoms with Crippen molar-refractivity contribution >= 4 is 46.9 Å². The van der Waals surface area contributed by atoms with Crippen LogP contribution in [0, 0.1) is 0 Å². The van der Waals surface area contributed by atoms with Gasteiger partial charge in [-0.3, -0.25) is 9.69 Å². The Morgan fingerprint density at radius 1 is 1.23 bits per heavy atom. The molecule has 1 aliphatic heterocycles. The number of carbonyl (C=O) groups is 2. The van der Waals surface area contributed by atoms with Crippen molar-refractivity contribution in [2.45, 2.75) is 17.7 Å². The molecular weight excluding hydrogens is 376 g/mol. The lowest BCUT2D eigenvalue weighted by molar-refractivity contribution is -0.137. The third-order valence-corrected chi connectivity index (χ3v) is 5.15. The number of fused-ring (bicyclic) bond motifs is 1. The molecule has 0 bridgehead atoms. The highest BCUT2D eigenvalue weighted by Crippen LogP contribution is 2.42. The molecule has 2 aromatic rings. The van der Waals surface area contributed by atoms with Crippen molar-refractivity contribution in [1.29, 1.82) is 0 Å². The van der Waals surface area contributed by atoms with Gasteiger partial charge in [-0.1, -0.05) is 11.6 Å². The second-order valence-corrected chi connectivity index (χ2v) is 7.10. The lowest BCUT2D eigenvalue weighted by Crippen LogP contribution is -2.40. The molecule has 26 heavy (non-hydrogen) atoms. The molecule has 2 aromatic carbocycles. The number of hydrogen-bond donors (Lipinski definition) is 1. The molecule has 0 radical (unpaired) electrons. The van der Waals surface area contributed by atoms with Gasteiger partial charge in [0.25, 0.3) is 0 Å². The van der Waals surface area contributed by atoms with Gasteiger partial charge < -0.3 is 9.84 Å². The number of carbonyl (C=O) groups excluding carboxylic acids is 1. The smallest absolute Gasteiger partial charge is 0.339 e. The molecule has 136 valence electrons. The second kappa shape index (κ2) is 7.88. The van der Waals surface area contributed by atoms with Crippen LogP contribution in [0.2, 0.25) is 5.02 Å². The molecule has 8 heteroatoms. The summed E-state index contributed by atoms with van der Waals surface area (Å²) < 4.78 is 7.20. The van der Waals surface area contributed by atoms with E-state index in [1.165, 1.54) is 11.9 Å². The second-order valence-electron chi connectivity index (χ2n) is 5.68. The summed E-state index contributed by atoms with van der Waals surface area (Å²) in [4.78, 5) is 25.7. The summed E-state index contributed by atoms with van der Waals surface area (Å²) in [6.45, 7) is 0.312. The normalized spacial score (nSPS) is 13.5. The number of rotatable bonds is 6. The Kier molecular flexibility index (Phi) is 5.58. The minimum absolute atomic E-state index is 0.0647. The van der Waals surface area contributed by atoms with Crippen LogP contribution in [-0.4, -0.2) is 30.8 Å². The van der Waals surface area contributed by atoms with Gasteiger partial charge in [0.05, 0.1) is 22.9 Å². The number of anilines is 2. The van der Waals surface area contributed by atoms with E-state index in [-0.39, 0.29) is 12.5 Å². The van der Waals surface area contributed by atoms with E-state index >= 15 is 0 Å². The summed E-state index contributed by atoms with van der Waals surface area (Å²) in [5, 5.41) is 9.26. The summed E-state index contributed by atoms with van der Waals surface area (Å²) in [6, 6.07) is 12.4. The van der Waals surface area contributed by atoms with E-state index in [4.69, 9.17) is 21.4 Å². The first-order valence-corrected chi connectivity index (χ1v) is 9.11. The van der Waals surface area contributed by atoms with Crippen LogP contribution in [0.4, 0.5) is 16.2 Å². The van der Waals surface area contributed by atoms with Crippen LogP contribution in [0.5, 0.6) is 5.75 Å². The van der Waals surface area contributed by atoms with Crippen molar-refractivity contribution in [2.75, 3.05) is 22.9 Å². The maximum Gasteiger partial charge on any atom is 0.339 e. The SMILES string of the molecule is CN1C(=O)N(c2ccc(Cl)cc2)Sc2ccc(OCCCC(=O)O)cc21. The molecule has 1 aliphatic rings. The van der Waals surface area contributed by atoms with Crippen LogP contribution in [0.25, 0.3) is 0 Å². The number of nitrogens with zero attached hydrogens (tertiary/aromatic N) is 2. The van der Waals surface area contributed by atoms with Crippen molar-refractivity contribution < 1.29 is 19.4 Å². The third-order valence-electron chi connectivity index (χ3n) is 3.81. The van der Waals surface area contributed by atoms with Crippen molar-refractivity contribution in [2.24, 2.45) is 0 Å². The van der Waals surface area contributed by atoms with E-state index in [2.05, 4.69) is 0 Å². The van der Waals surface area contributed by atoms with Crippen molar-refractivity contribution in [3.8, 4) is 5.75 Å². The number of aliphatic carboxylic acids is 1. The first-order chi connectivity index (χ1) is 12.5. The summed E-state index contributed by atoms with van der Waals surface area (Å²) in [6.07, 6.45) is 0.496. The van der Waals surface area contributed by atoms with Crippen molar-refractivity contribution in [1.82, 2.24) is 0 Å². The lowest BCUT2D eigenvalue weighted by atomic mass is 10.2. The van der Waals surface area contributed by atoms with Gasteiger partial charge in [0.2, 0.25) is 0 Å². The Labute approximate surface area is 160 Å². The highest BCUT2D eigenvalue weighted by atomic mass is 35.5. The quantitative estimate of drug-likeness (QED) is 0.571. The van der Waals surface area contributed by atoms with Gasteiger partial charge in [-0.05, 0) is 54.8 Å². The number of ether oxygens (including phenoxy) is 1. The molecule has 2 amide bonds. The van der Waals surface area contributed by atoms with Gasteiger partial charge in [-0.2, -0.15) is 0 Å². The maximum absolute atomic E-state index is 12.7. The van der Waals surface area contributed by atoms with Crippen molar-refractivity contribution in [3.63, 3.8) is 0 Å². The number of halogens is 1. The lowest BCUT2D eigenvalue weighted by Gasteiger charge is -2.33. The summed E-state index contributed by atoms with van der Waals surface area (Å²) in [7, 11) is 1.71. The Hall–Kier alpha value is -2.38. The fourth-order valence-electron chi connectivity index (χ4n) is 2.46. The fraction of sp³-hybridized carbons (Fsp3) is 0.222. The molecular formula is C18H17ClN2O4S. The Morgan fingerprint density at radius 2 is 1.96 bits per heavy atom. The van der Waals surface area contributed by atoms with E-state index in [9.17, 15) is 9.59 Å². The Bertz CT molecular complexity index is 828. The van der Waals surface area contributed by atoms with Crippen LogP contribution >= 0.6 is 23.5 Å². The largest absolute Gasteiger partial charge is 0.494 e. The molecule has 1 N–H and O–H groups in total. The maximum atomic E-state index is 12.7. The van der Waals surface area contributed by atoms with E-state index in [0.29, 0.717) is 23.8 Å². The average molecular weight is 393 g/mol. The molecule has 0 saturated heterocycles. The highest BCUT2D eigenvalue weighted by molar-refractivity contribution is 8.01. The molecule has 1 heterocycles. The number of benzene rings is 2. The molecule has 0 spiro atoms. The predicted molar refractivity (Wildman–Crippen MR) is 102 cm³/mol. The number of carboxylic acid groups (broad SMARTS) is 1. The predicted octanol–water partition coefficient (Wildman–Crippen LogP) is 4.67. The molecule has 3 rings (SSSR count). The van der Waals surface area contributed by atoms with Gasteiger partial charge in [0, 0.05) is 24.6 Å². The summed E-state index contributed by atoms with van der Waals surface area (Å²) >= 11 is 7.25. The fourth-order valence-corrected chi connectivity index (χ4v) is 3.62. The van der Waals surface area contributed by atoms with E-state index in [1.54, 1.807) is 46.6 Å². The monoisotopic (exact) mass is 392 g/mol. The van der Waals surface area contributed by atoms with Crippen LogP contribution < -0.4 is 13.9 Å². The number of hydrogen-bond acceptors (Lipinski definition) is 4. The van der Waals surface area contributed by atoms with Gasteiger partial charge >= 0.3 is 12.0 Å². The van der Waals surface area contributed by atoms with E-state index in [1.807, 2.05) is 12.1 Å². The highest BCUT2D eigenvalue weighted by Gasteiger charge is 2.30. The van der Waals surface area contributed by atoms with Crippen LogP contribution in [0.3, 0.4) is 0 Å². The molecule has 0 atom stereocenters. The van der Waals surface area contributed by atoms with Gasteiger partial charge in [-0.25, -0.2) is 9.10 Å². The Morgan fingerprint density at radius 3 is 2.65 bits per heavy atom. The average Bonchev–Trinajstić information content (AvgIpc) is 2.63. The summed E-state index contributed by atoms with van der Waals surface area (Å²) in [5.74, 6) is -0.239. The number of carboxylic acids is 1. The van der Waals surface area contributed by atoms with Crippen LogP contribution in [-0.2, 0) is 4.79 Å². The van der Waals surface area contributed by atoms with Crippen LogP contribution in [0.15, 0.2) is 47.4 Å². The minimum Gasteiger partial charge on any atom is -0.494 e. The molecule has 0 aromatic heterocycles. The van der Waals surface area contributed by atoms with Gasteiger partial charge in [0.15, 0.2) is 0 Å². The number of urea groups is 1. The molecule has 0 fully saturated rings. The first kappa shape index (κ1) is 18.4. The van der Waals surface area contributed by atoms with Crippen molar-refractivity contribution in [3.05, 3.63) is 47.5 Å². The standard InChI is InChI=1S/C18H17ClN2O4S/c1-20-15-11-14(25-10-2-3-17(22)23)8-9-16(15)26-21(18(20)24)13-6-4-12(19)5-7-13/h4-9,11H,2-3,10H2,1H3,(H,22,23). The van der Waals surface area contributed by atoms with E-state index < -0.39 is 5.97 Å². The topological polar surface area (TPSA) is 70.1 Å². The molecule has 0 saturated carbocycles. The molecule has 6 nitrogen and oxygen atoms in total. The van der Waals surface area contributed by atoms with Crippen LogP contribution in [0.1, 0.15) is 12.8 Å². The first-order valence-electron chi connectivity index (χ1n) is 7.95. The van der Waals surface area contributed by atoms with Gasteiger partial charge in [0.1, 0.15) is 5.75 Å². The molecule has 0 aliphatic carbocycles. The zero-order valence-corrected chi connectivity index (χ0v) is 15.6. The summed E-state index contributed by atoms with van der Waals surface area (Å²) in [5.41, 5.74) is 1.50. The number of amides is 2. The third kappa shape index (κ3) is 4.05. The molecule has 0 unspecified atom stereocenters. The minimum atomic E-state index is -0.844. The van der Waals surface area contributed by atoms with Gasteiger partial charge in [-0.15, -0.1) is 0 Å². The zero-order chi connectivity index (χ0) is 18.7. The van der Waals surface area contributed by atoms with E-state index in [0.717, 1.165) is 16.3 Å².